The molecule has 0 aromatic rings. The number of hydrogen-bond donors (Lipinski definition) is 0. The molecule has 0 spiro atoms. The first-order valence-electron chi connectivity index (χ1n) is 6.61. The predicted octanol–water partition coefficient (Wildman–Crippen LogP) is 2.85. The van der Waals surface area contributed by atoms with Gasteiger partial charge in [-0.3, -0.25) is 4.79 Å². The van der Waals surface area contributed by atoms with Gasteiger partial charge in [0.2, 0.25) is 0 Å². The van der Waals surface area contributed by atoms with Gasteiger partial charge in [0.05, 0.1) is 0 Å². The molecule has 90 valence electrons. The Bertz CT molecular complexity index is 260. The zero-order valence-electron chi connectivity index (χ0n) is 10.5. The van der Waals surface area contributed by atoms with Crippen molar-refractivity contribution in [3.05, 3.63) is 12.3 Å². The molecule has 2 heterocycles. The van der Waals surface area contributed by atoms with Crippen LogP contribution in [0.1, 0.15) is 39.5 Å². The molecule has 0 radical (unpaired) electrons. The third-order valence-electron chi connectivity index (χ3n) is 3.97. The molecule has 2 bridgehead atoms. The number of carbonyl (C=O) groups is 1. The van der Waals surface area contributed by atoms with Crippen molar-refractivity contribution in [3.8, 4) is 0 Å². The van der Waals surface area contributed by atoms with Crippen molar-refractivity contribution in [2.24, 2.45) is 17.8 Å². The Labute approximate surface area is 98.7 Å². The van der Waals surface area contributed by atoms with E-state index in [1.165, 1.54) is 38.8 Å². The van der Waals surface area contributed by atoms with Gasteiger partial charge in [0.25, 0.3) is 0 Å². The van der Waals surface area contributed by atoms with E-state index in [1.54, 1.807) is 6.08 Å². The Balaban J connectivity index is 1.92. The first-order valence-corrected chi connectivity index (χ1v) is 6.61. The highest BCUT2D eigenvalue weighted by molar-refractivity contribution is 5.91. The normalized spacial score (nSPS) is 30.1. The average Bonchev–Trinajstić information content (AvgIpc) is 2.57. The zero-order valence-corrected chi connectivity index (χ0v) is 10.5. The van der Waals surface area contributed by atoms with Gasteiger partial charge in [0.15, 0.2) is 5.78 Å². The summed E-state index contributed by atoms with van der Waals surface area (Å²) in [5, 5.41) is 0. The molecule has 2 aliphatic heterocycles. The molecule has 0 N–H and O–H groups in total. The van der Waals surface area contributed by atoms with Crippen molar-refractivity contribution in [2.75, 3.05) is 13.1 Å². The summed E-state index contributed by atoms with van der Waals surface area (Å²) in [6.45, 7) is 6.24. The second kappa shape index (κ2) is 5.03. The fraction of sp³-hybridized carbons (Fsp3) is 0.786. The molecule has 0 amide bonds. The SMILES string of the molecule is CC(C)C(=O)C=CN1CC2CCC(CC2)C1. The summed E-state index contributed by atoms with van der Waals surface area (Å²) < 4.78 is 0. The second-order valence-corrected chi connectivity index (χ2v) is 5.71. The molecule has 0 unspecified atom stereocenters. The molecule has 0 atom stereocenters. The van der Waals surface area contributed by atoms with Crippen LogP contribution in [0.3, 0.4) is 0 Å². The molecule has 3 rings (SSSR count). The molecule has 1 saturated carbocycles. The average molecular weight is 221 g/mol. The maximum Gasteiger partial charge on any atom is 0.159 e. The lowest BCUT2D eigenvalue weighted by atomic mass is 9.84. The van der Waals surface area contributed by atoms with Crippen molar-refractivity contribution >= 4 is 5.78 Å². The van der Waals surface area contributed by atoms with Gasteiger partial charge in [-0.25, -0.2) is 0 Å². The number of allylic oxidation sites excluding steroid dienone is 1. The van der Waals surface area contributed by atoms with Crippen LogP contribution in [0.25, 0.3) is 0 Å². The molecule has 1 aliphatic carbocycles. The summed E-state index contributed by atoms with van der Waals surface area (Å²) in [4.78, 5) is 13.9. The molecule has 0 aromatic heterocycles. The molecule has 0 aromatic carbocycles. The zero-order chi connectivity index (χ0) is 11.5. The Hall–Kier alpha value is -0.790. The van der Waals surface area contributed by atoms with Crippen LogP contribution in [0.4, 0.5) is 0 Å². The van der Waals surface area contributed by atoms with E-state index in [4.69, 9.17) is 0 Å². The van der Waals surface area contributed by atoms with Crippen LogP contribution in [0.5, 0.6) is 0 Å². The van der Waals surface area contributed by atoms with Gasteiger partial charge in [-0.1, -0.05) is 13.8 Å². The molecule has 2 saturated heterocycles. The summed E-state index contributed by atoms with van der Waals surface area (Å²) in [7, 11) is 0. The van der Waals surface area contributed by atoms with Gasteiger partial charge in [-0.2, -0.15) is 0 Å². The van der Waals surface area contributed by atoms with Crippen LogP contribution in [0.15, 0.2) is 12.3 Å². The van der Waals surface area contributed by atoms with E-state index in [2.05, 4.69) is 4.90 Å². The first-order chi connectivity index (χ1) is 7.65. The van der Waals surface area contributed by atoms with Crippen molar-refractivity contribution < 1.29 is 4.79 Å². The van der Waals surface area contributed by atoms with E-state index in [0.29, 0.717) is 0 Å². The number of rotatable bonds is 3. The van der Waals surface area contributed by atoms with Gasteiger partial charge in [-0.05, 0) is 43.6 Å². The molecule has 16 heavy (non-hydrogen) atoms. The van der Waals surface area contributed by atoms with Gasteiger partial charge >= 0.3 is 0 Å². The van der Waals surface area contributed by atoms with E-state index in [0.717, 1.165) is 11.8 Å². The van der Waals surface area contributed by atoms with E-state index in [1.807, 2.05) is 20.0 Å². The second-order valence-electron chi connectivity index (χ2n) is 5.71. The lowest BCUT2D eigenvalue weighted by Gasteiger charge is -2.20. The standard InChI is InChI=1S/C14H23NO/c1-11(2)14(16)7-8-15-9-12-3-4-13(10-15)6-5-12/h7-8,11-13H,3-6,9-10H2,1-2H3. The number of fused-ring (bicyclic) bond motifs is 4. The number of ketones is 1. The van der Waals surface area contributed by atoms with E-state index in [-0.39, 0.29) is 11.7 Å². The Morgan fingerprint density at radius 1 is 1.12 bits per heavy atom. The number of hydrogen-bond acceptors (Lipinski definition) is 2. The van der Waals surface area contributed by atoms with Crippen LogP contribution >= 0.6 is 0 Å². The maximum absolute atomic E-state index is 11.5. The van der Waals surface area contributed by atoms with Crippen LogP contribution in [0, 0.1) is 17.8 Å². The van der Waals surface area contributed by atoms with E-state index < -0.39 is 0 Å². The van der Waals surface area contributed by atoms with E-state index in [9.17, 15) is 4.79 Å². The summed E-state index contributed by atoms with van der Waals surface area (Å²) in [6.07, 6.45) is 9.40. The third kappa shape index (κ3) is 2.87. The summed E-state index contributed by atoms with van der Waals surface area (Å²) in [5.74, 6) is 2.12. The molecule has 3 fully saturated rings. The van der Waals surface area contributed by atoms with Gasteiger partial charge in [0.1, 0.15) is 0 Å². The first kappa shape index (κ1) is 11.7. The maximum atomic E-state index is 11.5. The fourth-order valence-corrected chi connectivity index (χ4v) is 2.83. The molecule has 2 nitrogen and oxygen atoms in total. The Kier molecular flexibility index (Phi) is 3.67. The quantitative estimate of drug-likeness (QED) is 0.683. The highest BCUT2D eigenvalue weighted by Crippen LogP contribution is 2.33. The summed E-state index contributed by atoms with van der Waals surface area (Å²) >= 11 is 0. The predicted molar refractivity (Wildman–Crippen MR) is 66.0 cm³/mol. The Morgan fingerprint density at radius 3 is 2.06 bits per heavy atom. The summed E-state index contributed by atoms with van der Waals surface area (Å²) in [6, 6.07) is 0. The van der Waals surface area contributed by atoms with Crippen molar-refractivity contribution in [3.63, 3.8) is 0 Å². The minimum Gasteiger partial charge on any atom is -0.377 e. The highest BCUT2D eigenvalue weighted by atomic mass is 16.1. The van der Waals surface area contributed by atoms with Gasteiger partial charge in [-0.15, -0.1) is 0 Å². The monoisotopic (exact) mass is 221 g/mol. The third-order valence-corrected chi connectivity index (χ3v) is 3.97. The van der Waals surface area contributed by atoms with Crippen LogP contribution < -0.4 is 0 Å². The fourth-order valence-electron chi connectivity index (χ4n) is 2.83. The lowest BCUT2D eigenvalue weighted by Crippen LogP contribution is -2.23. The summed E-state index contributed by atoms with van der Waals surface area (Å²) in [5.41, 5.74) is 0. The number of carbonyl (C=O) groups excluding carboxylic acids is 1. The van der Waals surface area contributed by atoms with Gasteiger partial charge < -0.3 is 4.90 Å². The Morgan fingerprint density at radius 2 is 1.62 bits per heavy atom. The van der Waals surface area contributed by atoms with Crippen LogP contribution in [-0.2, 0) is 4.79 Å². The number of nitrogens with zero attached hydrogens (tertiary/aromatic N) is 1. The molecular weight excluding hydrogens is 198 g/mol. The van der Waals surface area contributed by atoms with Crippen molar-refractivity contribution in [1.29, 1.82) is 0 Å². The van der Waals surface area contributed by atoms with Crippen molar-refractivity contribution in [2.45, 2.75) is 39.5 Å². The molecule has 2 heteroatoms. The van der Waals surface area contributed by atoms with Crippen LogP contribution in [-0.4, -0.2) is 23.8 Å². The minimum absolute atomic E-state index is 0.125. The van der Waals surface area contributed by atoms with E-state index >= 15 is 0 Å². The van der Waals surface area contributed by atoms with Crippen LogP contribution in [0.2, 0.25) is 0 Å². The van der Waals surface area contributed by atoms with Gasteiger partial charge in [0, 0.05) is 25.2 Å². The lowest BCUT2D eigenvalue weighted by molar-refractivity contribution is -0.117. The minimum atomic E-state index is 0.125. The molecular formula is C14H23NO. The highest BCUT2D eigenvalue weighted by Gasteiger charge is 2.27. The molecule has 3 aliphatic rings. The topological polar surface area (TPSA) is 20.3 Å². The smallest absolute Gasteiger partial charge is 0.159 e. The largest absolute Gasteiger partial charge is 0.377 e. The van der Waals surface area contributed by atoms with Crippen molar-refractivity contribution in [1.82, 2.24) is 4.90 Å².